The summed E-state index contributed by atoms with van der Waals surface area (Å²) in [4.78, 5) is 24.4. The Kier molecular flexibility index (Phi) is 2.61. The molecule has 0 bridgehead atoms. The summed E-state index contributed by atoms with van der Waals surface area (Å²) in [6.07, 6.45) is 8.05. The summed E-state index contributed by atoms with van der Waals surface area (Å²) < 4.78 is 0. The van der Waals surface area contributed by atoms with Gasteiger partial charge in [0.05, 0.1) is 0 Å². The van der Waals surface area contributed by atoms with Crippen LogP contribution < -0.4 is 0 Å². The molecule has 0 aromatic carbocycles. The monoisotopic (exact) mass is 220 g/mol. The number of hydrogen-bond acceptors (Lipinski definition) is 2. The van der Waals surface area contributed by atoms with Crippen LogP contribution >= 0.6 is 0 Å². The number of carbonyl (C=O) groups excluding carboxylic acids is 2. The molecule has 16 heavy (non-hydrogen) atoms. The van der Waals surface area contributed by atoms with Gasteiger partial charge in [-0.25, -0.2) is 0 Å². The van der Waals surface area contributed by atoms with Crippen molar-refractivity contribution in [3.63, 3.8) is 0 Å². The third-order valence-corrected chi connectivity index (χ3v) is 5.07. The number of carbonyl (C=O) groups is 2. The van der Waals surface area contributed by atoms with Crippen LogP contribution in [0, 0.1) is 23.7 Å². The van der Waals surface area contributed by atoms with Gasteiger partial charge in [0.2, 0.25) is 0 Å². The van der Waals surface area contributed by atoms with Crippen molar-refractivity contribution in [1.82, 2.24) is 0 Å². The van der Waals surface area contributed by atoms with Crippen LogP contribution in [0.5, 0.6) is 0 Å². The fourth-order valence-electron chi connectivity index (χ4n) is 4.23. The van der Waals surface area contributed by atoms with Crippen LogP contribution in [0.1, 0.15) is 51.4 Å². The molecule has 0 aromatic rings. The van der Waals surface area contributed by atoms with Gasteiger partial charge in [-0.05, 0) is 37.5 Å². The zero-order chi connectivity index (χ0) is 11.1. The Morgan fingerprint density at radius 1 is 0.688 bits per heavy atom. The quantitative estimate of drug-likeness (QED) is 0.629. The van der Waals surface area contributed by atoms with Crippen LogP contribution in [0.15, 0.2) is 0 Å². The van der Waals surface area contributed by atoms with Gasteiger partial charge < -0.3 is 0 Å². The predicted molar refractivity (Wildman–Crippen MR) is 60.9 cm³/mol. The second kappa shape index (κ2) is 3.97. The van der Waals surface area contributed by atoms with E-state index in [1.165, 1.54) is 0 Å². The predicted octanol–water partition coefficient (Wildman–Crippen LogP) is 2.75. The number of hydrogen-bond donors (Lipinski definition) is 0. The first-order valence-electron chi connectivity index (χ1n) is 6.81. The molecule has 4 atom stereocenters. The Labute approximate surface area is 96.8 Å². The summed E-state index contributed by atoms with van der Waals surface area (Å²) in [5.74, 6) is 2.25. The number of Topliss-reactive ketones (excluding diaryl/α,β-unsaturated/α-hetero) is 2. The van der Waals surface area contributed by atoms with Crippen LogP contribution in [0.3, 0.4) is 0 Å². The molecular formula is C14H20O2. The maximum absolute atomic E-state index is 12.2. The largest absolute Gasteiger partial charge is 0.299 e. The smallest absolute Gasteiger partial charge is 0.136 e. The Balaban J connectivity index is 1.84. The van der Waals surface area contributed by atoms with Gasteiger partial charge in [-0.3, -0.25) is 9.59 Å². The maximum atomic E-state index is 12.2. The van der Waals surface area contributed by atoms with Crippen molar-refractivity contribution in [3.05, 3.63) is 0 Å². The van der Waals surface area contributed by atoms with Crippen molar-refractivity contribution in [2.24, 2.45) is 23.7 Å². The molecule has 3 saturated carbocycles. The van der Waals surface area contributed by atoms with E-state index in [-0.39, 0.29) is 11.8 Å². The molecule has 0 amide bonds. The molecule has 88 valence electrons. The molecule has 0 radical (unpaired) electrons. The van der Waals surface area contributed by atoms with Gasteiger partial charge in [0.25, 0.3) is 0 Å². The number of ketones is 2. The molecule has 0 aromatic heterocycles. The van der Waals surface area contributed by atoms with E-state index in [9.17, 15) is 9.59 Å². The van der Waals surface area contributed by atoms with Crippen molar-refractivity contribution < 1.29 is 9.59 Å². The molecule has 0 saturated heterocycles. The molecule has 0 spiro atoms. The van der Waals surface area contributed by atoms with Crippen molar-refractivity contribution in [2.45, 2.75) is 51.4 Å². The molecule has 2 nitrogen and oxygen atoms in total. The van der Waals surface area contributed by atoms with Crippen LogP contribution in [-0.2, 0) is 9.59 Å². The van der Waals surface area contributed by atoms with E-state index >= 15 is 0 Å². The van der Waals surface area contributed by atoms with Crippen LogP contribution in [0.2, 0.25) is 0 Å². The van der Waals surface area contributed by atoms with Crippen LogP contribution in [-0.4, -0.2) is 11.6 Å². The minimum Gasteiger partial charge on any atom is -0.299 e. The summed E-state index contributed by atoms with van der Waals surface area (Å²) in [5, 5.41) is 0. The second-order valence-corrected chi connectivity index (χ2v) is 5.94. The summed E-state index contributed by atoms with van der Waals surface area (Å²) in [6.45, 7) is 0. The Morgan fingerprint density at radius 3 is 1.56 bits per heavy atom. The first kappa shape index (κ1) is 10.5. The Morgan fingerprint density at radius 2 is 1.12 bits per heavy atom. The highest BCUT2D eigenvalue weighted by Crippen LogP contribution is 2.44. The average Bonchev–Trinajstić information content (AvgIpc) is 2.84. The van der Waals surface area contributed by atoms with Crippen LogP contribution in [0.4, 0.5) is 0 Å². The Bertz CT molecular complexity index is 289. The maximum Gasteiger partial charge on any atom is 0.136 e. The fraction of sp³-hybridized carbons (Fsp3) is 0.857. The van der Waals surface area contributed by atoms with E-state index in [1.54, 1.807) is 0 Å². The standard InChI is InChI=1S/C14H20O2/c15-13-8-10-4-2-6-12(10)14(16)7-9-3-1-5-11(9)13/h9-12H,1-8H2/t9-,10-,11-,12-/m1/s1. The van der Waals surface area contributed by atoms with Gasteiger partial charge in [0, 0.05) is 24.7 Å². The average molecular weight is 220 g/mol. The van der Waals surface area contributed by atoms with Crippen molar-refractivity contribution >= 4 is 11.6 Å². The lowest BCUT2D eigenvalue weighted by atomic mass is 9.75. The highest BCUT2D eigenvalue weighted by Gasteiger charge is 2.42. The van der Waals surface area contributed by atoms with Crippen LogP contribution in [0.25, 0.3) is 0 Å². The van der Waals surface area contributed by atoms with Crippen molar-refractivity contribution in [3.8, 4) is 0 Å². The summed E-state index contributed by atoms with van der Waals surface area (Å²) >= 11 is 0. The van der Waals surface area contributed by atoms with Gasteiger partial charge in [0.1, 0.15) is 11.6 Å². The van der Waals surface area contributed by atoms with Gasteiger partial charge in [-0.1, -0.05) is 12.8 Å². The van der Waals surface area contributed by atoms with E-state index in [2.05, 4.69) is 0 Å². The summed E-state index contributed by atoms with van der Waals surface area (Å²) in [5.41, 5.74) is 0. The van der Waals surface area contributed by atoms with E-state index in [0.29, 0.717) is 36.2 Å². The second-order valence-electron chi connectivity index (χ2n) is 5.94. The highest BCUT2D eigenvalue weighted by molar-refractivity contribution is 5.88. The van der Waals surface area contributed by atoms with E-state index in [1.807, 2.05) is 0 Å². The van der Waals surface area contributed by atoms with Gasteiger partial charge >= 0.3 is 0 Å². The minimum absolute atomic E-state index is 0.241. The molecule has 3 fully saturated rings. The van der Waals surface area contributed by atoms with Gasteiger partial charge in [-0.15, -0.1) is 0 Å². The van der Waals surface area contributed by atoms with Gasteiger partial charge in [-0.2, -0.15) is 0 Å². The zero-order valence-electron chi connectivity index (χ0n) is 9.78. The lowest BCUT2D eigenvalue weighted by Gasteiger charge is -2.27. The zero-order valence-corrected chi connectivity index (χ0v) is 9.78. The third kappa shape index (κ3) is 1.63. The molecule has 3 rings (SSSR count). The molecule has 0 heterocycles. The third-order valence-electron chi connectivity index (χ3n) is 5.07. The lowest BCUT2D eigenvalue weighted by Crippen LogP contribution is -2.32. The number of rotatable bonds is 0. The topological polar surface area (TPSA) is 34.1 Å². The SMILES string of the molecule is O=C1C[C@H]2CCC[C@H]2C(=O)C[C@H]2CCC[C@@H]12. The molecule has 0 unspecified atom stereocenters. The van der Waals surface area contributed by atoms with E-state index in [4.69, 9.17) is 0 Å². The fourth-order valence-corrected chi connectivity index (χ4v) is 4.23. The van der Waals surface area contributed by atoms with E-state index < -0.39 is 0 Å². The highest BCUT2D eigenvalue weighted by atomic mass is 16.1. The molecule has 2 heteroatoms. The van der Waals surface area contributed by atoms with E-state index in [0.717, 1.165) is 38.5 Å². The first-order chi connectivity index (χ1) is 7.75. The molecule has 0 N–H and O–H groups in total. The van der Waals surface area contributed by atoms with Crippen molar-refractivity contribution in [2.75, 3.05) is 0 Å². The lowest BCUT2D eigenvalue weighted by molar-refractivity contribution is -0.131. The first-order valence-corrected chi connectivity index (χ1v) is 6.81. The molecule has 3 aliphatic rings. The molecular weight excluding hydrogens is 200 g/mol. The minimum atomic E-state index is 0.241. The summed E-state index contributed by atoms with van der Waals surface area (Å²) in [6, 6.07) is 0. The summed E-state index contributed by atoms with van der Waals surface area (Å²) in [7, 11) is 0. The Hall–Kier alpha value is -0.660. The molecule has 3 aliphatic carbocycles. The normalized spacial score (nSPS) is 43.8. The van der Waals surface area contributed by atoms with Gasteiger partial charge in [0.15, 0.2) is 0 Å². The molecule has 0 aliphatic heterocycles. The number of fused-ring (bicyclic) bond motifs is 2. The van der Waals surface area contributed by atoms with Crippen molar-refractivity contribution in [1.29, 1.82) is 0 Å².